The summed E-state index contributed by atoms with van der Waals surface area (Å²) in [5, 5.41) is 14.3. The Morgan fingerprint density at radius 2 is 1.85 bits per heavy atom. The SMILES string of the molecule is CC[C@H](C(=O)N[C@@H](C)c1ccc2c(c1)CCCC2)N(c1cc([N+](=O)[O-])ccc1OC)S(C)(=O)=O. The van der Waals surface area contributed by atoms with E-state index in [1.807, 2.05) is 13.0 Å². The van der Waals surface area contributed by atoms with Crippen molar-refractivity contribution >= 4 is 27.3 Å². The van der Waals surface area contributed by atoms with Gasteiger partial charge in [0.05, 0.1) is 24.3 Å². The maximum absolute atomic E-state index is 13.3. The minimum absolute atomic E-state index is 0.0531. The van der Waals surface area contributed by atoms with Crippen LogP contribution in [0.5, 0.6) is 5.75 Å². The van der Waals surface area contributed by atoms with E-state index in [9.17, 15) is 23.3 Å². The highest BCUT2D eigenvalue weighted by molar-refractivity contribution is 7.92. The van der Waals surface area contributed by atoms with Crippen LogP contribution in [0.4, 0.5) is 11.4 Å². The first kappa shape index (κ1) is 25.5. The molecule has 0 aliphatic heterocycles. The molecule has 2 aromatic carbocycles. The third-order valence-corrected chi connectivity index (χ3v) is 7.34. The van der Waals surface area contributed by atoms with Gasteiger partial charge in [-0.15, -0.1) is 0 Å². The summed E-state index contributed by atoms with van der Waals surface area (Å²) >= 11 is 0. The number of hydrogen-bond acceptors (Lipinski definition) is 6. The lowest BCUT2D eigenvalue weighted by Gasteiger charge is -2.32. The summed E-state index contributed by atoms with van der Waals surface area (Å²) in [7, 11) is -2.65. The van der Waals surface area contributed by atoms with Crippen LogP contribution >= 0.6 is 0 Å². The Bertz CT molecular complexity index is 1180. The Labute approximate surface area is 200 Å². The number of hydrogen-bond donors (Lipinski definition) is 1. The van der Waals surface area contributed by atoms with Gasteiger partial charge in [-0.3, -0.25) is 19.2 Å². The molecule has 0 radical (unpaired) electrons. The first-order chi connectivity index (χ1) is 16.1. The van der Waals surface area contributed by atoms with Crippen LogP contribution in [0.25, 0.3) is 0 Å². The van der Waals surface area contributed by atoms with Crippen LogP contribution in [0.2, 0.25) is 0 Å². The minimum Gasteiger partial charge on any atom is -0.495 e. The summed E-state index contributed by atoms with van der Waals surface area (Å²) in [5.41, 5.74) is 3.21. The lowest BCUT2D eigenvalue weighted by atomic mass is 9.89. The number of rotatable bonds is 9. The molecule has 0 unspecified atom stereocenters. The third kappa shape index (κ3) is 5.49. The van der Waals surface area contributed by atoms with E-state index >= 15 is 0 Å². The molecule has 10 heteroatoms. The summed E-state index contributed by atoms with van der Waals surface area (Å²) in [6, 6.07) is 8.40. The van der Waals surface area contributed by atoms with E-state index in [1.54, 1.807) is 6.92 Å². The third-order valence-electron chi connectivity index (χ3n) is 6.17. The van der Waals surface area contributed by atoms with Crippen molar-refractivity contribution in [2.24, 2.45) is 0 Å². The highest BCUT2D eigenvalue weighted by atomic mass is 32.2. The summed E-state index contributed by atoms with van der Waals surface area (Å²) in [6.45, 7) is 3.55. The van der Waals surface area contributed by atoms with E-state index in [-0.39, 0.29) is 29.6 Å². The first-order valence-electron chi connectivity index (χ1n) is 11.3. The Morgan fingerprint density at radius 3 is 2.44 bits per heavy atom. The number of anilines is 1. The lowest BCUT2D eigenvalue weighted by molar-refractivity contribution is -0.384. The Hall–Kier alpha value is -3.14. The van der Waals surface area contributed by atoms with Gasteiger partial charge in [-0.05, 0) is 61.8 Å². The van der Waals surface area contributed by atoms with Crippen LogP contribution in [0.15, 0.2) is 36.4 Å². The molecule has 2 atom stereocenters. The van der Waals surface area contributed by atoms with Crippen molar-refractivity contribution in [1.29, 1.82) is 0 Å². The standard InChI is InChI=1S/C24H31N3O6S/c1-5-21(24(28)25-16(2)18-11-10-17-8-6-7-9-19(17)14-18)26(34(4,31)32)22-15-20(27(29)30)12-13-23(22)33-3/h10-16,21H,5-9H2,1-4H3,(H,25,28)/t16-,21+/m0/s1. The average Bonchev–Trinajstić information content (AvgIpc) is 2.80. The smallest absolute Gasteiger partial charge is 0.271 e. The monoisotopic (exact) mass is 489 g/mol. The van der Waals surface area contributed by atoms with E-state index in [2.05, 4.69) is 17.4 Å². The van der Waals surface area contributed by atoms with Crippen molar-refractivity contribution in [3.05, 3.63) is 63.2 Å². The van der Waals surface area contributed by atoms with E-state index in [0.717, 1.165) is 41.5 Å². The Morgan fingerprint density at radius 1 is 1.18 bits per heavy atom. The minimum atomic E-state index is -3.99. The molecule has 1 aliphatic carbocycles. The van der Waals surface area contributed by atoms with Gasteiger partial charge in [0.15, 0.2) is 0 Å². The Balaban J connectivity index is 1.93. The normalized spacial score (nSPS) is 15.1. The van der Waals surface area contributed by atoms with E-state index in [0.29, 0.717) is 0 Å². The number of nitrogens with one attached hydrogen (secondary N) is 1. The molecule has 0 saturated carbocycles. The molecule has 184 valence electrons. The number of aryl methyl sites for hydroxylation is 2. The van der Waals surface area contributed by atoms with Crippen molar-refractivity contribution in [3.63, 3.8) is 0 Å². The van der Waals surface area contributed by atoms with Crippen LogP contribution in [-0.2, 0) is 27.7 Å². The highest BCUT2D eigenvalue weighted by Gasteiger charge is 2.35. The summed E-state index contributed by atoms with van der Waals surface area (Å²) in [5.74, 6) is -0.378. The number of amides is 1. The fourth-order valence-corrected chi connectivity index (χ4v) is 5.62. The zero-order chi connectivity index (χ0) is 25.0. The number of carbonyl (C=O) groups is 1. The molecular formula is C24H31N3O6S. The number of fused-ring (bicyclic) bond motifs is 1. The quantitative estimate of drug-likeness (QED) is 0.421. The molecule has 1 amide bonds. The van der Waals surface area contributed by atoms with Gasteiger partial charge in [0, 0.05) is 12.1 Å². The maximum atomic E-state index is 13.3. The van der Waals surface area contributed by atoms with Crippen molar-refractivity contribution in [2.45, 2.75) is 58.0 Å². The van der Waals surface area contributed by atoms with Gasteiger partial charge >= 0.3 is 0 Å². The molecule has 34 heavy (non-hydrogen) atoms. The van der Waals surface area contributed by atoms with Crippen molar-refractivity contribution in [3.8, 4) is 5.75 Å². The predicted molar refractivity (Wildman–Crippen MR) is 131 cm³/mol. The molecule has 3 rings (SSSR count). The van der Waals surface area contributed by atoms with E-state index < -0.39 is 26.9 Å². The van der Waals surface area contributed by atoms with Crippen LogP contribution in [-0.4, -0.2) is 38.7 Å². The molecule has 2 aromatic rings. The summed E-state index contributed by atoms with van der Waals surface area (Å²) in [6.07, 6.45) is 5.51. The van der Waals surface area contributed by atoms with Crippen LogP contribution < -0.4 is 14.4 Å². The summed E-state index contributed by atoms with van der Waals surface area (Å²) < 4.78 is 31.8. The number of benzene rings is 2. The second kappa shape index (κ2) is 10.4. The predicted octanol–water partition coefficient (Wildman–Crippen LogP) is 3.90. The van der Waals surface area contributed by atoms with Gasteiger partial charge in [0.2, 0.25) is 15.9 Å². The van der Waals surface area contributed by atoms with Gasteiger partial charge < -0.3 is 10.1 Å². The van der Waals surface area contributed by atoms with Gasteiger partial charge in [-0.2, -0.15) is 0 Å². The van der Waals surface area contributed by atoms with Crippen molar-refractivity contribution in [1.82, 2.24) is 5.32 Å². The molecule has 0 heterocycles. The zero-order valence-corrected chi connectivity index (χ0v) is 20.7. The topological polar surface area (TPSA) is 119 Å². The van der Waals surface area contributed by atoms with Crippen LogP contribution in [0.3, 0.4) is 0 Å². The van der Waals surface area contributed by atoms with Gasteiger partial charge in [0.1, 0.15) is 17.5 Å². The molecule has 1 N–H and O–H groups in total. The van der Waals surface area contributed by atoms with Crippen LogP contribution in [0, 0.1) is 10.1 Å². The average molecular weight is 490 g/mol. The maximum Gasteiger partial charge on any atom is 0.271 e. The Kier molecular flexibility index (Phi) is 7.81. The molecule has 1 aliphatic rings. The number of nitrogens with zero attached hydrogens (tertiary/aromatic N) is 2. The molecule has 0 aromatic heterocycles. The number of methoxy groups -OCH3 is 1. The van der Waals surface area contributed by atoms with E-state index in [1.165, 1.54) is 36.8 Å². The molecule has 0 spiro atoms. The van der Waals surface area contributed by atoms with E-state index in [4.69, 9.17) is 4.74 Å². The molecule has 0 saturated heterocycles. The zero-order valence-electron chi connectivity index (χ0n) is 19.9. The fourth-order valence-electron chi connectivity index (χ4n) is 4.42. The largest absolute Gasteiger partial charge is 0.495 e. The molecule has 0 bridgehead atoms. The number of carbonyl (C=O) groups excluding carboxylic acids is 1. The van der Waals surface area contributed by atoms with Gasteiger partial charge in [-0.25, -0.2) is 8.42 Å². The van der Waals surface area contributed by atoms with Gasteiger partial charge in [0.25, 0.3) is 5.69 Å². The number of ether oxygens (including phenoxy) is 1. The molecule has 9 nitrogen and oxygen atoms in total. The number of nitro benzene ring substituents is 1. The number of non-ortho nitro benzene ring substituents is 1. The fraction of sp³-hybridized carbons (Fsp3) is 0.458. The summed E-state index contributed by atoms with van der Waals surface area (Å²) in [4.78, 5) is 24.0. The second-order valence-corrected chi connectivity index (χ2v) is 10.4. The lowest BCUT2D eigenvalue weighted by Crippen LogP contribution is -2.49. The second-order valence-electron chi connectivity index (χ2n) is 8.56. The number of sulfonamides is 1. The molecular weight excluding hydrogens is 458 g/mol. The van der Waals surface area contributed by atoms with Gasteiger partial charge in [-0.1, -0.05) is 25.1 Å². The number of nitro groups is 1. The van der Waals surface area contributed by atoms with Crippen molar-refractivity contribution in [2.75, 3.05) is 17.7 Å². The highest BCUT2D eigenvalue weighted by Crippen LogP contribution is 2.36. The first-order valence-corrected chi connectivity index (χ1v) is 13.2. The molecule has 0 fully saturated rings. The van der Waals surface area contributed by atoms with Crippen molar-refractivity contribution < 1.29 is 22.9 Å². The van der Waals surface area contributed by atoms with Crippen LogP contribution in [0.1, 0.15) is 55.8 Å².